The molecule has 4 aromatic rings. The number of hydrogen-bond donors (Lipinski definition) is 8. The Bertz CT molecular complexity index is 3870. The van der Waals surface area contributed by atoms with Crippen LogP contribution in [0.25, 0.3) is 0 Å². The molecule has 8 N–H and O–H groups in total. The maximum atomic E-state index is 13.7. The molecule has 0 bridgehead atoms. The van der Waals surface area contributed by atoms with Gasteiger partial charge in [-0.2, -0.15) is 21.4 Å². The molecule has 22 nitrogen and oxygen atoms in total. The number of para-hydroxylation sites is 2. The second-order valence-electron chi connectivity index (χ2n) is 25.8. The number of ether oxygens (including phenoxy) is 1. The second kappa shape index (κ2) is 34.4. The minimum absolute atomic E-state index is 0.00404. The lowest BCUT2D eigenvalue weighted by atomic mass is 9.81. The van der Waals surface area contributed by atoms with Gasteiger partial charge in [0.25, 0.3) is 20.2 Å². The molecule has 7 rings (SSSR count). The van der Waals surface area contributed by atoms with E-state index in [0.29, 0.717) is 55.8 Å². The van der Waals surface area contributed by atoms with E-state index in [2.05, 4.69) is 89.6 Å². The summed E-state index contributed by atoms with van der Waals surface area (Å²) in [4.78, 5) is 90.3. The molecule has 96 heavy (non-hydrogen) atoms. The molecule has 3 atom stereocenters. The number of carbonyl (C=O) groups is 7. The minimum atomic E-state index is -4.14. The van der Waals surface area contributed by atoms with Gasteiger partial charge in [0.2, 0.25) is 11.6 Å². The summed E-state index contributed by atoms with van der Waals surface area (Å²) in [5.74, 6) is -6.31. The van der Waals surface area contributed by atoms with Crippen molar-refractivity contribution >= 4 is 78.7 Å². The summed E-state index contributed by atoms with van der Waals surface area (Å²) in [6.07, 6.45) is 11.3. The standard InChI is InChI=1S/C72H89N5O17S2/c1-71(2)58-24-8-10-26-61(58)76(41-12-14-43-95(88,89)90)63(71)37-31-51-21-16-22-52(32-38-64-72(3,4)59-25-9-11-27-62(59)77(64)42-13-15-44-96(91,92)93)66(51)94-57-34-29-50(30-35-57)46-54(68(83)84)48-55(78)23-17-39-73-67(82)53(45-49-19-6-5-7-20-49)47-56(79)33-36-60(69(85)86)75-70(87)74-40-18-28-65(80)81/h5-11,19-20,24-27,29-32,34-35,37-38,53-54,60H,12-18,21-23,28,33,36,39-48H2,1-4H3,(H7-,73,74,75,80,81,82,83,84,85,86,87,88,89,90,91,92,93)/p+1/t53-,54-,60+/m1/s1. The molecule has 0 unspecified atom stereocenters. The zero-order valence-electron chi connectivity index (χ0n) is 55.0. The van der Waals surface area contributed by atoms with Gasteiger partial charge >= 0.3 is 23.9 Å². The van der Waals surface area contributed by atoms with Gasteiger partial charge < -0.3 is 40.9 Å². The van der Waals surface area contributed by atoms with Gasteiger partial charge in [-0.05, 0) is 143 Å². The number of urea groups is 1. The van der Waals surface area contributed by atoms with E-state index in [0.717, 1.165) is 57.0 Å². The Balaban J connectivity index is 1.05. The average molecular weight is 1360 g/mol. The molecule has 0 radical (unpaired) electrons. The third kappa shape index (κ3) is 22.0. The first-order valence-electron chi connectivity index (χ1n) is 32.7. The number of hydrogen-bond acceptors (Lipinski definition) is 13. The van der Waals surface area contributed by atoms with Crippen LogP contribution in [0.5, 0.6) is 5.75 Å². The number of fused-ring (bicyclic) bond motifs is 2. The van der Waals surface area contributed by atoms with E-state index in [1.54, 1.807) is 54.6 Å². The topological polar surface area (TPSA) is 340 Å². The highest BCUT2D eigenvalue weighted by molar-refractivity contribution is 7.86. The Morgan fingerprint density at radius 1 is 0.625 bits per heavy atom. The third-order valence-corrected chi connectivity index (χ3v) is 19.4. The van der Waals surface area contributed by atoms with Crippen molar-refractivity contribution < 1.29 is 84.1 Å². The van der Waals surface area contributed by atoms with Gasteiger partial charge in [-0.1, -0.05) is 98.8 Å². The monoisotopic (exact) mass is 1360 g/mol. The zero-order chi connectivity index (χ0) is 69.8. The fourth-order valence-corrected chi connectivity index (χ4v) is 13.8. The smallest absolute Gasteiger partial charge is 0.326 e. The summed E-state index contributed by atoms with van der Waals surface area (Å²) >= 11 is 0. The largest absolute Gasteiger partial charge is 0.481 e. The van der Waals surface area contributed by atoms with Crippen LogP contribution in [0.3, 0.4) is 0 Å². The Hall–Kier alpha value is -8.58. The summed E-state index contributed by atoms with van der Waals surface area (Å²) in [7, 11) is -8.27. The molecule has 0 saturated heterocycles. The Labute approximate surface area is 562 Å². The van der Waals surface area contributed by atoms with E-state index in [-0.39, 0.29) is 107 Å². The van der Waals surface area contributed by atoms with Crippen molar-refractivity contribution in [3.05, 3.63) is 172 Å². The van der Waals surface area contributed by atoms with Crippen LogP contribution in [0.4, 0.5) is 16.2 Å². The summed E-state index contributed by atoms with van der Waals surface area (Å²) in [5.41, 5.74) is 8.55. The minimum Gasteiger partial charge on any atom is -0.481 e. The predicted octanol–water partition coefficient (Wildman–Crippen LogP) is 10.4. The SMILES string of the molecule is CC1(C)C(=CC=C2CCCC(C=CC3=[N+](CCCCS(=O)(=O)O)c4ccccc4C3(C)C)=C2Oc2ccc(C[C@H](CC(=O)CCCNC(=O)[C@@H](CC(=O)CC[C@H](NC(=O)NCCCC(=O)O)C(=O)O)Cc3ccccc3)C(=O)O)cc2)N(CCCCS(=O)(=O)O)c2ccccc21. The van der Waals surface area contributed by atoms with E-state index in [4.69, 9.17) is 9.84 Å². The van der Waals surface area contributed by atoms with Crippen LogP contribution in [0.15, 0.2) is 150 Å². The molecule has 3 amide bonds. The molecule has 4 aromatic carbocycles. The van der Waals surface area contributed by atoms with Crippen LogP contribution >= 0.6 is 0 Å². The number of benzene rings is 4. The van der Waals surface area contributed by atoms with E-state index in [1.165, 1.54) is 0 Å². The maximum absolute atomic E-state index is 13.7. The number of amides is 3. The number of Topliss-reactive ketones (excluding diaryl/α,β-unsaturated/α-hetero) is 2. The van der Waals surface area contributed by atoms with Gasteiger partial charge in [-0.3, -0.25) is 33.1 Å². The highest BCUT2D eigenvalue weighted by Gasteiger charge is 2.44. The Kier molecular flexibility index (Phi) is 26.8. The number of ketones is 2. The summed E-state index contributed by atoms with van der Waals surface area (Å²) < 4.78 is 74.8. The van der Waals surface area contributed by atoms with Gasteiger partial charge in [0.1, 0.15) is 35.7 Å². The molecule has 2 aliphatic heterocycles. The lowest BCUT2D eigenvalue weighted by Crippen LogP contribution is -2.46. The Morgan fingerprint density at radius 3 is 1.91 bits per heavy atom. The summed E-state index contributed by atoms with van der Waals surface area (Å²) in [5, 5.41) is 36.4. The number of carboxylic acids is 3. The average Bonchev–Trinajstić information content (AvgIpc) is 1.61. The number of unbranched alkanes of at least 4 members (excludes halogenated alkanes) is 2. The molecule has 0 spiro atoms. The highest BCUT2D eigenvalue weighted by atomic mass is 32.2. The number of allylic oxidation sites excluding steroid dienone is 7. The molecule has 0 fully saturated rings. The lowest BCUT2D eigenvalue weighted by molar-refractivity contribution is -0.438. The van der Waals surface area contributed by atoms with Gasteiger partial charge in [0.05, 0.1) is 22.8 Å². The maximum Gasteiger partial charge on any atom is 0.326 e. The van der Waals surface area contributed by atoms with Crippen molar-refractivity contribution in [2.24, 2.45) is 11.8 Å². The lowest BCUT2D eigenvalue weighted by Gasteiger charge is -2.27. The first-order valence-corrected chi connectivity index (χ1v) is 35.9. The van der Waals surface area contributed by atoms with Crippen molar-refractivity contribution in [3.63, 3.8) is 0 Å². The number of aliphatic carboxylic acids is 3. The molecule has 3 aliphatic rings. The molecule has 0 aromatic heterocycles. The van der Waals surface area contributed by atoms with Crippen molar-refractivity contribution in [1.82, 2.24) is 16.0 Å². The van der Waals surface area contributed by atoms with Crippen LogP contribution in [-0.4, -0.2) is 137 Å². The second-order valence-corrected chi connectivity index (χ2v) is 29.0. The fraction of sp³-hybridized carbons (Fsp3) is 0.444. The van der Waals surface area contributed by atoms with Crippen LogP contribution in [-0.2, 0) is 72.7 Å². The number of nitrogens with one attached hydrogen (secondary N) is 3. The van der Waals surface area contributed by atoms with E-state index >= 15 is 0 Å². The molecule has 516 valence electrons. The van der Waals surface area contributed by atoms with Gasteiger partial charge in [-0.25, -0.2) is 9.59 Å². The molecule has 24 heteroatoms. The van der Waals surface area contributed by atoms with Crippen LogP contribution in [0.2, 0.25) is 0 Å². The van der Waals surface area contributed by atoms with E-state index < -0.39 is 84.6 Å². The van der Waals surface area contributed by atoms with Crippen LogP contribution in [0.1, 0.15) is 146 Å². The molecule has 1 aliphatic carbocycles. The normalized spacial score (nSPS) is 16.8. The number of nitrogens with zero attached hydrogens (tertiary/aromatic N) is 2. The van der Waals surface area contributed by atoms with Crippen molar-refractivity contribution in [1.29, 1.82) is 0 Å². The van der Waals surface area contributed by atoms with E-state index in [1.807, 2.05) is 36.4 Å². The van der Waals surface area contributed by atoms with Crippen LogP contribution in [0, 0.1) is 11.8 Å². The van der Waals surface area contributed by atoms with Gasteiger partial charge in [0.15, 0.2) is 5.71 Å². The number of rotatable bonds is 38. The van der Waals surface area contributed by atoms with Gasteiger partial charge in [0, 0.05) is 98.6 Å². The quantitative estimate of drug-likeness (QED) is 0.0117. The van der Waals surface area contributed by atoms with Crippen LogP contribution < -0.4 is 25.6 Å². The van der Waals surface area contributed by atoms with Crippen molar-refractivity contribution in [3.8, 4) is 5.75 Å². The summed E-state index contributed by atoms with van der Waals surface area (Å²) in [6, 6.07) is 30.0. The number of carboxylic acid groups (broad SMARTS) is 3. The number of anilines is 1. The first-order chi connectivity index (χ1) is 45.5. The van der Waals surface area contributed by atoms with Crippen molar-refractivity contribution in [2.75, 3.05) is 42.6 Å². The molecule has 2 heterocycles. The summed E-state index contributed by atoms with van der Waals surface area (Å²) in [6.45, 7) is 9.65. The van der Waals surface area contributed by atoms with E-state index in [9.17, 15) is 69.7 Å². The molecular formula is C72H90N5O17S2+. The van der Waals surface area contributed by atoms with Crippen molar-refractivity contribution in [2.45, 2.75) is 154 Å². The first kappa shape index (κ1) is 74.8. The Morgan fingerprint density at radius 2 is 1.23 bits per heavy atom. The zero-order valence-corrected chi connectivity index (χ0v) is 56.6. The highest BCUT2D eigenvalue weighted by Crippen LogP contribution is 2.48. The molecular weight excluding hydrogens is 1270 g/mol. The predicted molar refractivity (Wildman–Crippen MR) is 365 cm³/mol. The number of carbonyl (C=O) groups excluding carboxylic acids is 4. The van der Waals surface area contributed by atoms with Gasteiger partial charge in [-0.15, -0.1) is 0 Å². The molecule has 0 saturated carbocycles. The fourth-order valence-electron chi connectivity index (χ4n) is 12.7. The third-order valence-electron chi connectivity index (χ3n) is 17.7.